The van der Waals surface area contributed by atoms with Crippen molar-refractivity contribution in [2.24, 2.45) is 0 Å². The zero-order valence-electron chi connectivity index (χ0n) is 12.1. The topological polar surface area (TPSA) is 41.6 Å². The number of ether oxygens (including phenoxy) is 1. The maximum atomic E-state index is 12.0. The fourth-order valence-electron chi connectivity index (χ4n) is 1.59. The van der Waals surface area contributed by atoms with Gasteiger partial charge in [0.1, 0.15) is 5.75 Å². The maximum absolute atomic E-state index is 12.0. The van der Waals surface area contributed by atoms with Crippen LogP contribution in [0.2, 0.25) is 0 Å². The van der Waals surface area contributed by atoms with Crippen molar-refractivity contribution < 1.29 is 9.53 Å². The van der Waals surface area contributed by atoms with Gasteiger partial charge in [-0.05, 0) is 45.6 Å². The summed E-state index contributed by atoms with van der Waals surface area (Å²) in [5, 5.41) is 2.89. The molecule has 1 aromatic rings. The van der Waals surface area contributed by atoms with E-state index in [4.69, 9.17) is 4.74 Å². The largest absolute Gasteiger partial charge is 0.495 e. The maximum Gasteiger partial charge on any atom is 0.240 e. The Labute approximate surface area is 123 Å². The van der Waals surface area contributed by atoms with Crippen LogP contribution in [0.3, 0.4) is 0 Å². The van der Waals surface area contributed by atoms with E-state index < -0.39 is 4.32 Å². The van der Waals surface area contributed by atoms with Crippen molar-refractivity contribution in [3.05, 3.63) is 23.8 Å². The van der Waals surface area contributed by atoms with Crippen LogP contribution < -0.4 is 10.1 Å². The van der Waals surface area contributed by atoms with E-state index in [0.29, 0.717) is 11.4 Å². The van der Waals surface area contributed by atoms with Gasteiger partial charge in [0.2, 0.25) is 5.91 Å². The smallest absolute Gasteiger partial charge is 0.240 e. The summed E-state index contributed by atoms with van der Waals surface area (Å²) in [6.07, 6.45) is 0. The lowest BCUT2D eigenvalue weighted by Gasteiger charge is -2.19. The monoisotopic (exact) mass is 328 g/mol. The number of hydrogen-bond acceptors (Lipinski definition) is 3. The summed E-state index contributed by atoms with van der Waals surface area (Å²) in [7, 11) is 5.60. The van der Waals surface area contributed by atoms with Gasteiger partial charge in [0.25, 0.3) is 0 Å². The predicted molar refractivity (Wildman–Crippen MR) is 82.0 cm³/mol. The molecule has 0 heterocycles. The van der Waals surface area contributed by atoms with Gasteiger partial charge in [0, 0.05) is 6.54 Å². The number of hydrogen-bond donors (Lipinski definition) is 1. The van der Waals surface area contributed by atoms with E-state index in [0.717, 1.165) is 12.1 Å². The number of nitrogens with zero attached hydrogens (tertiary/aromatic N) is 1. The number of halogens is 1. The molecular formula is C14H21BrN2O2. The number of alkyl halides is 1. The van der Waals surface area contributed by atoms with Gasteiger partial charge in [-0.2, -0.15) is 0 Å². The van der Waals surface area contributed by atoms with Crippen molar-refractivity contribution in [2.75, 3.05) is 26.5 Å². The van der Waals surface area contributed by atoms with Gasteiger partial charge in [-0.3, -0.25) is 4.79 Å². The van der Waals surface area contributed by atoms with Crippen LogP contribution in [0.1, 0.15) is 19.4 Å². The number of nitrogens with one attached hydrogen (secondary N) is 1. The summed E-state index contributed by atoms with van der Waals surface area (Å²) in [5.41, 5.74) is 1.81. The first kappa shape index (κ1) is 16.0. The van der Waals surface area contributed by atoms with Crippen LogP contribution in [0.5, 0.6) is 5.75 Å². The minimum atomic E-state index is -0.616. The molecule has 0 bridgehead atoms. The molecule has 106 valence electrons. The molecule has 0 atom stereocenters. The van der Waals surface area contributed by atoms with Crippen molar-refractivity contribution in [1.82, 2.24) is 4.90 Å². The normalized spacial score (nSPS) is 11.5. The quantitative estimate of drug-likeness (QED) is 0.845. The Hall–Kier alpha value is -1.07. The summed E-state index contributed by atoms with van der Waals surface area (Å²) in [5.74, 6) is 0.556. The Morgan fingerprint density at radius 2 is 2.05 bits per heavy atom. The Kier molecular flexibility index (Phi) is 5.38. The lowest BCUT2D eigenvalue weighted by molar-refractivity contribution is -0.117. The highest BCUT2D eigenvalue weighted by atomic mass is 79.9. The summed E-state index contributed by atoms with van der Waals surface area (Å²) < 4.78 is 4.66. The summed E-state index contributed by atoms with van der Waals surface area (Å²) in [6, 6.07) is 5.80. The van der Waals surface area contributed by atoms with E-state index >= 15 is 0 Å². The third kappa shape index (κ3) is 4.84. The van der Waals surface area contributed by atoms with Crippen molar-refractivity contribution >= 4 is 27.5 Å². The number of methoxy groups -OCH3 is 1. The minimum absolute atomic E-state index is 0.104. The number of carbonyl (C=O) groups is 1. The van der Waals surface area contributed by atoms with E-state index in [1.165, 1.54) is 0 Å². The molecule has 1 rings (SSSR count). The first-order valence-corrected chi connectivity index (χ1v) is 6.85. The van der Waals surface area contributed by atoms with Crippen LogP contribution in [0, 0.1) is 0 Å². The summed E-state index contributed by atoms with van der Waals surface area (Å²) in [4.78, 5) is 14.1. The molecule has 5 heteroatoms. The van der Waals surface area contributed by atoms with Gasteiger partial charge < -0.3 is 15.0 Å². The van der Waals surface area contributed by atoms with Crippen LogP contribution in [0.25, 0.3) is 0 Å². The highest BCUT2D eigenvalue weighted by Crippen LogP contribution is 2.28. The standard InChI is InChI=1S/C14H21BrN2O2/c1-14(2,15)13(18)16-11-8-10(9-17(3)4)6-7-12(11)19-5/h6-8H,9H2,1-5H3,(H,16,18). The van der Waals surface area contributed by atoms with Crippen LogP contribution >= 0.6 is 15.9 Å². The third-order valence-electron chi connectivity index (χ3n) is 2.55. The average Bonchev–Trinajstić information content (AvgIpc) is 2.27. The molecule has 1 aromatic carbocycles. The van der Waals surface area contributed by atoms with Crippen LogP contribution in [-0.4, -0.2) is 36.3 Å². The molecule has 0 aromatic heterocycles. The second-order valence-electron chi connectivity index (χ2n) is 5.20. The van der Waals surface area contributed by atoms with E-state index in [1.54, 1.807) is 21.0 Å². The molecule has 0 aliphatic heterocycles. The second kappa shape index (κ2) is 6.39. The third-order valence-corrected chi connectivity index (χ3v) is 2.91. The van der Waals surface area contributed by atoms with Crippen LogP contribution in [0.15, 0.2) is 18.2 Å². The van der Waals surface area contributed by atoms with Gasteiger partial charge >= 0.3 is 0 Å². The molecule has 0 saturated heterocycles. The molecular weight excluding hydrogens is 308 g/mol. The second-order valence-corrected chi connectivity index (χ2v) is 7.18. The minimum Gasteiger partial charge on any atom is -0.495 e. The predicted octanol–water partition coefficient (Wildman–Crippen LogP) is 2.87. The fraction of sp³-hybridized carbons (Fsp3) is 0.500. The molecule has 0 aliphatic carbocycles. The van der Waals surface area contributed by atoms with E-state index in [1.807, 2.05) is 32.3 Å². The molecule has 1 amide bonds. The zero-order valence-corrected chi connectivity index (χ0v) is 13.7. The Morgan fingerprint density at radius 3 is 2.53 bits per heavy atom. The number of anilines is 1. The SMILES string of the molecule is COc1ccc(CN(C)C)cc1NC(=O)C(C)(C)Br. The fourth-order valence-corrected chi connectivity index (χ4v) is 1.69. The molecule has 0 radical (unpaired) electrons. The first-order valence-electron chi connectivity index (χ1n) is 6.06. The van der Waals surface area contributed by atoms with Crippen LogP contribution in [-0.2, 0) is 11.3 Å². The number of benzene rings is 1. The van der Waals surface area contributed by atoms with E-state index in [2.05, 4.69) is 26.1 Å². The van der Waals surface area contributed by atoms with Crippen molar-refractivity contribution in [1.29, 1.82) is 0 Å². The highest BCUT2D eigenvalue weighted by molar-refractivity contribution is 9.10. The Balaban J connectivity index is 2.99. The Bertz CT molecular complexity index is 453. The van der Waals surface area contributed by atoms with Crippen molar-refractivity contribution in [3.63, 3.8) is 0 Å². The summed E-state index contributed by atoms with van der Waals surface area (Å²) >= 11 is 3.35. The molecule has 0 aliphatic rings. The molecule has 0 unspecified atom stereocenters. The van der Waals surface area contributed by atoms with Crippen molar-refractivity contribution in [2.45, 2.75) is 24.7 Å². The first-order chi connectivity index (χ1) is 8.74. The summed E-state index contributed by atoms with van der Waals surface area (Å²) in [6.45, 7) is 4.42. The van der Waals surface area contributed by atoms with Gasteiger partial charge in [-0.15, -0.1) is 0 Å². The van der Waals surface area contributed by atoms with E-state index in [-0.39, 0.29) is 5.91 Å². The Morgan fingerprint density at radius 1 is 1.42 bits per heavy atom. The highest BCUT2D eigenvalue weighted by Gasteiger charge is 2.24. The number of rotatable bonds is 5. The van der Waals surface area contributed by atoms with Gasteiger partial charge in [-0.1, -0.05) is 22.0 Å². The lowest BCUT2D eigenvalue weighted by atomic mass is 10.1. The van der Waals surface area contributed by atoms with Gasteiger partial charge in [-0.25, -0.2) is 0 Å². The lowest BCUT2D eigenvalue weighted by Crippen LogP contribution is -2.31. The molecule has 0 saturated carbocycles. The van der Waals surface area contributed by atoms with Crippen molar-refractivity contribution in [3.8, 4) is 5.75 Å². The zero-order chi connectivity index (χ0) is 14.6. The molecule has 1 N–H and O–H groups in total. The van der Waals surface area contributed by atoms with Crippen LogP contribution in [0.4, 0.5) is 5.69 Å². The molecule has 19 heavy (non-hydrogen) atoms. The van der Waals surface area contributed by atoms with Gasteiger partial charge in [0.05, 0.1) is 17.1 Å². The molecule has 0 fully saturated rings. The van der Waals surface area contributed by atoms with Gasteiger partial charge in [0.15, 0.2) is 0 Å². The average molecular weight is 329 g/mol. The number of carbonyl (C=O) groups excluding carboxylic acids is 1. The molecule has 0 spiro atoms. The molecule has 4 nitrogen and oxygen atoms in total. The van der Waals surface area contributed by atoms with E-state index in [9.17, 15) is 4.79 Å². The number of amides is 1.